The number of aliphatic hydroxyl groups is 12. The Hall–Kier alpha value is -3.95. The molecular formula is C33H40O22. The second-order valence-electron chi connectivity index (χ2n) is 13.0. The summed E-state index contributed by atoms with van der Waals surface area (Å²) in [5, 5.41) is 144. The zero-order valence-electron chi connectivity index (χ0n) is 28.2. The fourth-order valence-electron chi connectivity index (χ4n) is 6.24. The molecule has 1 aromatic heterocycles. The van der Waals surface area contributed by atoms with E-state index in [1.807, 2.05) is 0 Å². The summed E-state index contributed by atoms with van der Waals surface area (Å²) in [6, 6.07) is 5.81. The maximum Gasteiger partial charge on any atom is 0.239 e. The Morgan fingerprint density at radius 1 is 0.545 bits per heavy atom. The van der Waals surface area contributed by atoms with Gasteiger partial charge in [0.05, 0.1) is 19.8 Å². The smallest absolute Gasteiger partial charge is 0.239 e. The van der Waals surface area contributed by atoms with Crippen molar-refractivity contribution in [3.63, 3.8) is 0 Å². The van der Waals surface area contributed by atoms with Gasteiger partial charge in [0.15, 0.2) is 17.3 Å². The van der Waals surface area contributed by atoms with Crippen LogP contribution in [0.25, 0.3) is 22.3 Å². The number of hydrogen-bond donors (Lipinski definition) is 14. The Bertz CT molecular complexity index is 1850. The fourth-order valence-corrected chi connectivity index (χ4v) is 6.24. The van der Waals surface area contributed by atoms with E-state index in [2.05, 4.69) is 0 Å². The minimum absolute atomic E-state index is 0.0222. The second-order valence-corrected chi connectivity index (χ2v) is 13.0. The first-order valence-corrected chi connectivity index (χ1v) is 16.7. The lowest BCUT2D eigenvalue weighted by molar-refractivity contribution is -0.282. The molecule has 3 saturated heterocycles. The molecule has 0 aliphatic carbocycles. The van der Waals surface area contributed by atoms with Crippen LogP contribution in [-0.4, -0.2) is 183 Å². The molecule has 14 N–H and O–H groups in total. The van der Waals surface area contributed by atoms with Gasteiger partial charge in [-0.1, -0.05) is 0 Å². The van der Waals surface area contributed by atoms with Crippen molar-refractivity contribution in [3.8, 4) is 40.1 Å². The standard InChI is InChI=1S/C33H40O22/c34-6-13-17(38)22(43)25(46)31(51-13)50-12-5-11-16(20(41)29(12)54-32-26(47)23(44)18(39)14(7-35)52-32)21(42)30(28(49-11)9-1-3-10(37)4-2-9)55-33-27(48)24(45)19(40)15(8-36)53-33/h1-5,13-15,17-19,22-27,31-41,43-48H,6-8H2. The fraction of sp³-hybridized carbons (Fsp3) is 0.545. The summed E-state index contributed by atoms with van der Waals surface area (Å²) in [7, 11) is 0. The lowest BCUT2D eigenvalue weighted by atomic mass is 9.99. The SMILES string of the molecule is O=c1c(OC2OC(CO)C(O)C(O)C2O)c(-c2ccc(O)cc2)oc2cc(OC3OC(CO)C(O)C(O)C3O)c(OC3OC(CO)C(O)C(O)C3O)c(O)c12. The molecule has 0 radical (unpaired) electrons. The van der Waals surface area contributed by atoms with Crippen LogP contribution >= 0.6 is 0 Å². The molecule has 55 heavy (non-hydrogen) atoms. The van der Waals surface area contributed by atoms with E-state index in [4.69, 9.17) is 32.8 Å². The zero-order chi connectivity index (χ0) is 40.0. The van der Waals surface area contributed by atoms with E-state index >= 15 is 0 Å². The van der Waals surface area contributed by atoms with Crippen LogP contribution < -0.4 is 19.6 Å². The van der Waals surface area contributed by atoms with Crippen molar-refractivity contribution in [1.82, 2.24) is 0 Å². The quantitative estimate of drug-likeness (QED) is 0.0910. The summed E-state index contributed by atoms with van der Waals surface area (Å²) in [6.07, 6.45) is -28.0. The number of phenolic OH excluding ortho intramolecular Hbond substituents is 2. The van der Waals surface area contributed by atoms with Gasteiger partial charge in [0, 0.05) is 11.6 Å². The first-order valence-electron chi connectivity index (χ1n) is 16.7. The highest BCUT2D eigenvalue weighted by Crippen LogP contribution is 2.47. The lowest BCUT2D eigenvalue weighted by Gasteiger charge is -2.41. The Kier molecular flexibility index (Phi) is 12.0. The molecule has 3 aromatic rings. The molecule has 3 aliphatic rings. The van der Waals surface area contributed by atoms with Crippen molar-refractivity contribution < 1.29 is 104 Å². The van der Waals surface area contributed by atoms with E-state index in [9.17, 15) is 76.3 Å². The van der Waals surface area contributed by atoms with E-state index in [0.29, 0.717) is 0 Å². The van der Waals surface area contributed by atoms with Crippen LogP contribution in [0.1, 0.15) is 0 Å². The van der Waals surface area contributed by atoms with Crippen molar-refractivity contribution in [2.24, 2.45) is 0 Å². The molecule has 3 aliphatic heterocycles. The van der Waals surface area contributed by atoms with E-state index in [1.165, 1.54) is 24.3 Å². The highest BCUT2D eigenvalue weighted by atomic mass is 16.7. The minimum atomic E-state index is -2.09. The maximum absolute atomic E-state index is 14.4. The molecule has 4 heterocycles. The molecule has 22 heteroatoms. The number of benzene rings is 2. The highest BCUT2D eigenvalue weighted by Gasteiger charge is 2.48. The first-order chi connectivity index (χ1) is 26.1. The monoisotopic (exact) mass is 788 g/mol. The van der Waals surface area contributed by atoms with Gasteiger partial charge in [0.1, 0.15) is 90.0 Å². The summed E-state index contributed by atoms with van der Waals surface area (Å²) >= 11 is 0. The predicted molar refractivity (Wildman–Crippen MR) is 174 cm³/mol. The molecule has 15 unspecified atom stereocenters. The largest absolute Gasteiger partial charge is 0.508 e. The molecule has 3 fully saturated rings. The number of aromatic hydroxyl groups is 2. The molecule has 0 amide bonds. The molecule has 2 aromatic carbocycles. The first kappa shape index (κ1) is 40.7. The lowest BCUT2D eigenvalue weighted by Crippen LogP contribution is -2.60. The summed E-state index contributed by atoms with van der Waals surface area (Å²) in [6.45, 7) is -2.63. The van der Waals surface area contributed by atoms with Crippen LogP contribution in [0.4, 0.5) is 0 Å². The van der Waals surface area contributed by atoms with Gasteiger partial charge in [-0.05, 0) is 24.3 Å². The van der Waals surface area contributed by atoms with Gasteiger partial charge < -0.3 is 104 Å². The third kappa shape index (κ3) is 7.51. The number of ether oxygens (including phenoxy) is 6. The average molecular weight is 789 g/mol. The van der Waals surface area contributed by atoms with E-state index < -0.39 is 157 Å². The van der Waals surface area contributed by atoms with Crippen LogP contribution in [0.15, 0.2) is 39.5 Å². The highest BCUT2D eigenvalue weighted by molar-refractivity contribution is 5.91. The number of hydrogen-bond acceptors (Lipinski definition) is 22. The molecule has 0 saturated carbocycles. The minimum Gasteiger partial charge on any atom is -0.508 e. The van der Waals surface area contributed by atoms with Gasteiger partial charge >= 0.3 is 0 Å². The Balaban J connectivity index is 1.53. The topological polar surface area (TPSA) is 369 Å². The van der Waals surface area contributed by atoms with Crippen molar-refractivity contribution in [1.29, 1.82) is 0 Å². The summed E-state index contributed by atoms with van der Waals surface area (Å²) in [4.78, 5) is 14.4. The van der Waals surface area contributed by atoms with Gasteiger partial charge in [-0.3, -0.25) is 4.79 Å². The maximum atomic E-state index is 14.4. The van der Waals surface area contributed by atoms with Crippen LogP contribution in [0.2, 0.25) is 0 Å². The van der Waals surface area contributed by atoms with Crippen LogP contribution in [-0.2, 0) is 14.2 Å². The molecule has 15 atom stereocenters. The number of aliphatic hydroxyl groups excluding tert-OH is 12. The van der Waals surface area contributed by atoms with Crippen molar-refractivity contribution in [2.75, 3.05) is 19.8 Å². The van der Waals surface area contributed by atoms with E-state index in [-0.39, 0.29) is 11.3 Å². The van der Waals surface area contributed by atoms with Gasteiger partial charge in [-0.2, -0.15) is 0 Å². The number of rotatable bonds is 10. The van der Waals surface area contributed by atoms with Gasteiger partial charge in [-0.15, -0.1) is 0 Å². The van der Waals surface area contributed by atoms with Gasteiger partial charge in [-0.25, -0.2) is 0 Å². The summed E-state index contributed by atoms with van der Waals surface area (Å²) < 4.78 is 39.3. The van der Waals surface area contributed by atoms with Gasteiger partial charge in [0.25, 0.3) is 0 Å². The Morgan fingerprint density at radius 3 is 1.40 bits per heavy atom. The average Bonchev–Trinajstić information content (AvgIpc) is 3.17. The van der Waals surface area contributed by atoms with Crippen LogP contribution in [0.3, 0.4) is 0 Å². The summed E-state index contributed by atoms with van der Waals surface area (Å²) in [5.41, 5.74) is -1.78. The van der Waals surface area contributed by atoms with E-state index in [0.717, 1.165) is 6.07 Å². The predicted octanol–water partition coefficient (Wildman–Crippen LogP) is -5.59. The number of fused-ring (bicyclic) bond motifs is 1. The normalized spacial score (nSPS) is 36.8. The molecule has 0 bridgehead atoms. The second kappa shape index (κ2) is 16.3. The number of phenols is 2. The molecule has 22 nitrogen and oxygen atoms in total. The van der Waals surface area contributed by atoms with E-state index in [1.54, 1.807) is 0 Å². The van der Waals surface area contributed by atoms with Crippen molar-refractivity contribution in [3.05, 3.63) is 40.6 Å². The molecule has 0 spiro atoms. The van der Waals surface area contributed by atoms with Gasteiger partial charge in [0.2, 0.25) is 35.8 Å². The third-order valence-corrected chi connectivity index (χ3v) is 9.42. The zero-order valence-corrected chi connectivity index (χ0v) is 28.2. The Morgan fingerprint density at radius 2 is 0.964 bits per heavy atom. The summed E-state index contributed by atoms with van der Waals surface area (Å²) in [5.74, 6) is -4.30. The van der Waals surface area contributed by atoms with Crippen LogP contribution in [0.5, 0.6) is 28.7 Å². The van der Waals surface area contributed by atoms with Crippen molar-refractivity contribution >= 4 is 11.0 Å². The van der Waals surface area contributed by atoms with Crippen LogP contribution in [0, 0.1) is 0 Å². The molecule has 6 rings (SSSR count). The van der Waals surface area contributed by atoms with Crippen molar-refractivity contribution in [2.45, 2.75) is 92.1 Å². The molecular weight excluding hydrogens is 748 g/mol. The molecule has 304 valence electrons. The third-order valence-electron chi connectivity index (χ3n) is 9.42. The Labute approximate surface area is 307 Å².